The van der Waals surface area contributed by atoms with Crippen LogP contribution in [0, 0.1) is 0 Å². The van der Waals surface area contributed by atoms with Gasteiger partial charge in [-0.3, -0.25) is 19.1 Å². The highest BCUT2D eigenvalue weighted by Gasteiger charge is 2.52. The quantitative estimate of drug-likeness (QED) is 0.141. The molecule has 16 nitrogen and oxygen atoms in total. The van der Waals surface area contributed by atoms with Crippen molar-refractivity contribution in [3.63, 3.8) is 0 Å². The number of primary amides is 1. The molecule has 3 aliphatic rings. The third kappa shape index (κ3) is 9.55. The zero-order chi connectivity index (χ0) is 39.4. The minimum absolute atomic E-state index is 0.0922. The molecule has 1 amide bonds. The molecule has 1 aromatic heterocycles. The summed E-state index contributed by atoms with van der Waals surface area (Å²) in [6.07, 6.45) is -12.7. The predicted octanol–water partition coefficient (Wildman–Crippen LogP) is 0.715. The van der Waals surface area contributed by atoms with Crippen LogP contribution in [0.3, 0.4) is 0 Å². The number of nitrogens with two attached hydrogens (primary N) is 1. The molecule has 2 aromatic carbocycles. The van der Waals surface area contributed by atoms with E-state index in [0.29, 0.717) is 6.54 Å². The van der Waals surface area contributed by atoms with E-state index >= 15 is 0 Å². The van der Waals surface area contributed by atoms with Crippen LogP contribution in [0.4, 0.5) is 18.9 Å². The van der Waals surface area contributed by atoms with Crippen molar-refractivity contribution in [1.29, 1.82) is 0 Å². The first-order valence-corrected chi connectivity index (χ1v) is 17.5. The molecule has 0 bridgehead atoms. The number of rotatable bonds is 13. The number of ether oxygens (including phenoxy) is 5. The lowest BCUT2D eigenvalue weighted by molar-refractivity contribution is -0.274. The molecule has 298 valence electrons. The first-order chi connectivity index (χ1) is 26.2. The molecule has 7 N–H and O–H groups in total. The van der Waals surface area contributed by atoms with Crippen molar-refractivity contribution in [2.45, 2.75) is 80.8 Å². The molecular weight excluding hydrogens is 735 g/mol. The second-order valence-electron chi connectivity index (χ2n) is 13.4. The normalized spacial score (nSPS) is 26.6. The van der Waals surface area contributed by atoms with Gasteiger partial charge in [-0.25, -0.2) is 4.79 Å². The lowest BCUT2D eigenvalue weighted by atomic mass is 9.89. The molecule has 3 aliphatic heterocycles. The smallest absolute Gasteiger partial charge is 0.465 e. The van der Waals surface area contributed by atoms with Gasteiger partial charge < -0.3 is 55.0 Å². The van der Waals surface area contributed by atoms with Crippen molar-refractivity contribution < 1.29 is 57.0 Å². The van der Waals surface area contributed by atoms with Crippen molar-refractivity contribution in [2.24, 2.45) is 5.73 Å². The summed E-state index contributed by atoms with van der Waals surface area (Å²) in [6.45, 7) is 2.04. The topological polar surface area (TPSA) is 220 Å². The van der Waals surface area contributed by atoms with Gasteiger partial charge in [0, 0.05) is 44.7 Å². The summed E-state index contributed by atoms with van der Waals surface area (Å²) in [7, 11) is 1.24. The van der Waals surface area contributed by atoms with Gasteiger partial charge in [0.25, 0.3) is 5.56 Å². The number of benzene rings is 2. The number of halogens is 3. The van der Waals surface area contributed by atoms with Gasteiger partial charge in [0.1, 0.15) is 42.0 Å². The van der Waals surface area contributed by atoms with E-state index in [1.54, 1.807) is 12.1 Å². The number of methoxy groups -OCH3 is 1. The van der Waals surface area contributed by atoms with Gasteiger partial charge in [0.2, 0.25) is 12.2 Å². The largest absolute Gasteiger partial charge is 0.573 e. The molecule has 2 saturated heterocycles. The van der Waals surface area contributed by atoms with Crippen LogP contribution in [0.5, 0.6) is 5.75 Å². The molecule has 0 radical (unpaired) electrons. The van der Waals surface area contributed by atoms with E-state index in [2.05, 4.69) is 19.9 Å². The Labute approximate surface area is 311 Å². The van der Waals surface area contributed by atoms with E-state index in [-0.39, 0.29) is 24.0 Å². The number of carbonyl (C=O) groups is 1. The van der Waals surface area contributed by atoms with Crippen LogP contribution in [-0.4, -0.2) is 107 Å². The number of aromatic nitrogens is 2. The number of aliphatic hydroxyl groups is 3. The Bertz CT molecular complexity index is 1920. The molecule has 8 atom stereocenters. The van der Waals surface area contributed by atoms with Gasteiger partial charge in [0.05, 0.1) is 6.54 Å². The number of H-pyrrole nitrogens is 1. The van der Waals surface area contributed by atoms with E-state index in [9.17, 15) is 42.9 Å². The summed E-state index contributed by atoms with van der Waals surface area (Å²) in [5.41, 5.74) is 7.03. The van der Waals surface area contributed by atoms with Crippen molar-refractivity contribution in [1.82, 2.24) is 14.9 Å². The fraction of sp³-hybridized carbons (Fsp3) is 0.472. The maximum absolute atomic E-state index is 12.6. The van der Waals surface area contributed by atoms with Crippen LogP contribution >= 0.6 is 0 Å². The fourth-order valence-electron chi connectivity index (χ4n) is 6.97. The number of aromatic amines is 1. The molecule has 0 aliphatic carbocycles. The first kappa shape index (κ1) is 39.9. The van der Waals surface area contributed by atoms with Crippen molar-refractivity contribution in [2.75, 3.05) is 31.6 Å². The Morgan fingerprint density at radius 3 is 2.33 bits per heavy atom. The second kappa shape index (κ2) is 16.9. The SMILES string of the molecule is COC1C(O)[C@@H]([C@@H](O[C@H]2OC(CNCc3ccc(N4CCC(c5ccc(OC(F)(F)F)cc5)CC4)cc3)=C[C@H](O)[C@@H]2O)C(N)=O)O[C@H]1n1ccc(=O)[nH]c1=O. The van der Waals surface area contributed by atoms with Crippen LogP contribution < -0.4 is 31.9 Å². The van der Waals surface area contributed by atoms with Crippen LogP contribution in [0.1, 0.15) is 36.1 Å². The van der Waals surface area contributed by atoms with Gasteiger partial charge >= 0.3 is 12.1 Å². The third-order valence-corrected chi connectivity index (χ3v) is 9.77. The van der Waals surface area contributed by atoms with Gasteiger partial charge in [0.15, 0.2) is 12.3 Å². The number of carbonyl (C=O) groups excluding carboxylic acids is 1. The zero-order valence-electron chi connectivity index (χ0n) is 29.5. The molecule has 19 heteroatoms. The Morgan fingerprint density at radius 2 is 1.71 bits per heavy atom. The Kier molecular flexibility index (Phi) is 12.3. The number of alkyl halides is 3. The third-order valence-electron chi connectivity index (χ3n) is 9.77. The molecule has 55 heavy (non-hydrogen) atoms. The molecule has 4 heterocycles. The molecule has 3 aromatic rings. The van der Waals surface area contributed by atoms with Crippen LogP contribution in [0.25, 0.3) is 0 Å². The maximum Gasteiger partial charge on any atom is 0.573 e. The summed E-state index contributed by atoms with van der Waals surface area (Å²) >= 11 is 0. The Hall–Kier alpha value is -4.76. The van der Waals surface area contributed by atoms with E-state index in [4.69, 9.17) is 24.7 Å². The van der Waals surface area contributed by atoms with Crippen molar-refractivity contribution in [3.8, 4) is 5.75 Å². The highest BCUT2D eigenvalue weighted by molar-refractivity contribution is 5.79. The van der Waals surface area contributed by atoms with E-state index in [1.165, 1.54) is 25.3 Å². The number of hydrogen-bond donors (Lipinski definition) is 6. The van der Waals surface area contributed by atoms with Crippen molar-refractivity contribution in [3.05, 3.63) is 105 Å². The molecule has 6 rings (SSSR count). The van der Waals surface area contributed by atoms with Crippen LogP contribution in [0.2, 0.25) is 0 Å². The minimum Gasteiger partial charge on any atom is -0.465 e. The maximum atomic E-state index is 12.6. The number of nitrogens with zero attached hydrogens (tertiary/aromatic N) is 2. The average Bonchev–Trinajstić information content (AvgIpc) is 3.47. The van der Waals surface area contributed by atoms with E-state index < -0.39 is 72.7 Å². The monoisotopic (exact) mass is 777 g/mol. The zero-order valence-corrected chi connectivity index (χ0v) is 29.5. The molecule has 2 unspecified atom stereocenters. The number of piperidine rings is 1. The number of hydrogen-bond acceptors (Lipinski definition) is 13. The van der Waals surface area contributed by atoms with Gasteiger partial charge in [-0.2, -0.15) is 0 Å². The van der Waals surface area contributed by atoms with E-state index in [0.717, 1.165) is 59.6 Å². The summed E-state index contributed by atoms with van der Waals surface area (Å²) < 4.78 is 65.0. The number of aliphatic hydroxyl groups excluding tert-OH is 3. The molecule has 0 saturated carbocycles. The lowest BCUT2D eigenvalue weighted by Gasteiger charge is -2.35. The minimum atomic E-state index is -4.73. The predicted molar refractivity (Wildman–Crippen MR) is 187 cm³/mol. The molecule has 2 fully saturated rings. The number of amides is 1. The van der Waals surface area contributed by atoms with Gasteiger partial charge in [-0.05, 0) is 60.2 Å². The second-order valence-corrected chi connectivity index (χ2v) is 13.4. The molecule has 0 spiro atoms. The van der Waals surface area contributed by atoms with Gasteiger partial charge in [-0.15, -0.1) is 13.2 Å². The lowest BCUT2D eigenvalue weighted by Crippen LogP contribution is -2.53. The highest BCUT2D eigenvalue weighted by Crippen LogP contribution is 2.35. The van der Waals surface area contributed by atoms with Gasteiger partial charge in [-0.1, -0.05) is 24.3 Å². The number of nitrogens with one attached hydrogen (secondary N) is 2. The summed E-state index contributed by atoms with van der Waals surface area (Å²) in [6, 6.07) is 15.0. The standard InChI is InChI=1S/C36H42F3N5O11/c1-51-30-28(48)29(53-33(30)44-15-12-26(46)42-35(44)50)31(32(40)49)54-34-27(47)25(45)16-24(52-34)18-41-17-19-2-6-22(7-3-19)43-13-10-21(11-14-43)20-4-8-23(9-5-20)55-36(37,38)39/h2-9,12,15-16,21,25,27-31,33-34,41,45,47-48H,10-11,13-14,17-18H2,1H3,(H2,40,49)(H,42,46,50)/t25-,27-,28?,29-,30?,31+,33+,34+/m0/s1. The summed E-state index contributed by atoms with van der Waals surface area (Å²) in [5.74, 6) is -0.933. The van der Waals surface area contributed by atoms with Crippen LogP contribution in [0.15, 0.2) is 82.2 Å². The highest BCUT2D eigenvalue weighted by atomic mass is 19.4. The van der Waals surface area contributed by atoms with Crippen molar-refractivity contribution >= 4 is 11.6 Å². The average molecular weight is 778 g/mol. The summed E-state index contributed by atoms with van der Waals surface area (Å²) in [4.78, 5) is 40.9. The fourth-order valence-corrected chi connectivity index (χ4v) is 6.97. The number of anilines is 1. The van der Waals surface area contributed by atoms with E-state index in [1.807, 2.05) is 24.3 Å². The Balaban J connectivity index is 1.00. The van der Waals surface area contributed by atoms with Crippen LogP contribution in [-0.2, 0) is 30.3 Å². The Morgan fingerprint density at radius 1 is 1.02 bits per heavy atom. The summed E-state index contributed by atoms with van der Waals surface area (Å²) in [5, 5.41) is 35.4. The first-order valence-electron chi connectivity index (χ1n) is 17.5. The molecular formula is C36H42F3N5O11.